The highest BCUT2D eigenvalue weighted by Gasteiger charge is 2.56. The molecule has 3 heteroatoms. The lowest BCUT2D eigenvalue weighted by molar-refractivity contribution is -0.115. The lowest BCUT2D eigenvalue weighted by Crippen LogP contribution is -2.59. The van der Waals surface area contributed by atoms with Gasteiger partial charge in [0.2, 0.25) is 0 Å². The molecule has 6 rings (SSSR count). The van der Waals surface area contributed by atoms with Crippen LogP contribution in [0.2, 0.25) is 0 Å². The maximum Gasteiger partial charge on any atom is 0.0305 e. The monoisotopic (exact) mass is 365 g/mol. The quantitative estimate of drug-likeness (QED) is 0.666. The fraction of sp³-hybridized carbons (Fsp3) is 0.810. The van der Waals surface area contributed by atoms with E-state index in [1.54, 1.807) is 16.0 Å². The largest absolute Gasteiger partial charge is 0.309 e. The lowest BCUT2D eigenvalue weighted by atomic mass is 9.45. The Morgan fingerprint density at radius 1 is 1.12 bits per heavy atom. The summed E-state index contributed by atoms with van der Waals surface area (Å²) in [7, 11) is 0. The molecule has 5 saturated carbocycles. The fourth-order valence-electron chi connectivity index (χ4n) is 5.75. The molecule has 5 fully saturated rings. The third-order valence-electron chi connectivity index (χ3n) is 7.82. The third kappa shape index (κ3) is 2.68. The van der Waals surface area contributed by atoms with Crippen LogP contribution in [0.15, 0.2) is 5.38 Å². The SMILES string of the molecule is C[C@@H]1[C@H]2C[C@@H](C[C@H]1NCc1scc(C3CC3)c1C1CC1)C2(C)C.Cl. The van der Waals surface area contributed by atoms with E-state index >= 15 is 0 Å². The molecule has 4 atom stereocenters. The molecule has 5 aliphatic rings. The summed E-state index contributed by atoms with van der Waals surface area (Å²) in [5.74, 6) is 4.62. The predicted molar refractivity (Wildman–Crippen MR) is 105 cm³/mol. The van der Waals surface area contributed by atoms with E-state index in [1.807, 2.05) is 0 Å². The van der Waals surface area contributed by atoms with Gasteiger partial charge in [0.25, 0.3) is 0 Å². The molecule has 0 radical (unpaired) electrons. The molecule has 134 valence electrons. The highest BCUT2D eigenvalue weighted by atomic mass is 35.5. The molecular weight excluding hydrogens is 334 g/mol. The second kappa shape index (κ2) is 5.99. The summed E-state index contributed by atoms with van der Waals surface area (Å²) in [5, 5.41) is 6.50. The van der Waals surface area contributed by atoms with Crippen molar-refractivity contribution in [3.8, 4) is 0 Å². The molecule has 0 amide bonds. The van der Waals surface area contributed by atoms with E-state index in [4.69, 9.17) is 0 Å². The summed E-state index contributed by atoms with van der Waals surface area (Å²) < 4.78 is 0. The Balaban J connectivity index is 0.00000146. The fourth-order valence-corrected chi connectivity index (χ4v) is 6.92. The molecule has 1 nitrogen and oxygen atoms in total. The van der Waals surface area contributed by atoms with Crippen LogP contribution in [0, 0.1) is 23.2 Å². The molecule has 5 aliphatic carbocycles. The first-order valence-electron chi connectivity index (χ1n) is 9.89. The van der Waals surface area contributed by atoms with E-state index in [0.717, 1.165) is 42.2 Å². The van der Waals surface area contributed by atoms with Gasteiger partial charge >= 0.3 is 0 Å². The van der Waals surface area contributed by atoms with Gasteiger partial charge in [0.15, 0.2) is 0 Å². The minimum absolute atomic E-state index is 0. The van der Waals surface area contributed by atoms with Crippen LogP contribution in [0.5, 0.6) is 0 Å². The normalized spacial score (nSPS) is 36.8. The number of hydrogen-bond acceptors (Lipinski definition) is 2. The number of thiophene rings is 1. The van der Waals surface area contributed by atoms with Gasteiger partial charge in [-0.25, -0.2) is 0 Å². The van der Waals surface area contributed by atoms with E-state index in [0.29, 0.717) is 5.41 Å². The summed E-state index contributed by atoms with van der Waals surface area (Å²) in [5.41, 5.74) is 4.15. The van der Waals surface area contributed by atoms with Crippen molar-refractivity contribution in [1.29, 1.82) is 0 Å². The summed E-state index contributed by atoms with van der Waals surface area (Å²) >= 11 is 2.05. The Hall–Kier alpha value is -0.0500. The van der Waals surface area contributed by atoms with Crippen molar-refractivity contribution in [3.63, 3.8) is 0 Å². The Kier molecular flexibility index (Phi) is 4.34. The van der Waals surface area contributed by atoms with Crippen LogP contribution < -0.4 is 5.32 Å². The van der Waals surface area contributed by atoms with Gasteiger partial charge in [0.1, 0.15) is 0 Å². The third-order valence-corrected chi connectivity index (χ3v) is 8.84. The summed E-state index contributed by atoms with van der Waals surface area (Å²) in [6.07, 6.45) is 8.68. The maximum atomic E-state index is 3.99. The zero-order chi connectivity index (χ0) is 15.8. The standard InChI is InChI=1S/C21H31NS.ClH/c1-12-17-8-15(21(17,2)3)9-18(12)22-10-19-20(14-6-7-14)16(11-23-19)13-4-5-13;/h11-15,17-18,22H,4-10H2,1-3H3;1H/t12-,15+,17-,18-;/m1./s1. The van der Waals surface area contributed by atoms with Crippen molar-refractivity contribution in [2.45, 2.75) is 83.7 Å². The first-order valence-corrected chi connectivity index (χ1v) is 10.8. The zero-order valence-electron chi connectivity index (χ0n) is 15.3. The Bertz CT molecular complexity index is 613. The van der Waals surface area contributed by atoms with Crippen LogP contribution in [0.25, 0.3) is 0 Å². The molecule has 0 saturated heterocycles. The molecule has 1 heterocycles. The van der Waals surface area contributed by atoms with Gasteiger partial charge in [-0.05, 0) is 90.0 Å². The van der Waals surface area contributed by atoms with Gasteiger partial charge in [-0.1, -0.05) is 20.8 Å². The van der Waals surface area contributed by atoms with Crippen LogP contribution >= 0.6 is 23.7 Å². The summed E-state index contributed by atoms with van der Waals surface area (Å²) in [6.45, 7) is 8.65. The van der Waals surface area contributed by atoms with Gasteiger partial charge in [-0.2, -0.15) is 0 Å². The van der Waals surface area contributed by atoms with Crippen molar-refractivity contribution >= 4 is 23.7 Å². The van der Waals surface area contributed by atoms with E-state index in [2.05, 4.69) is 42.8 Å². The van der Waals surface area contributed by atoms with Gasteiger partial charge in [0, 0.05) is 17.5 Å². The zero-order valence-corrected chi connectivity index (χ0v) is 16.9. The van der Waals surface area contributed by atoms with E-state index in [9.17, 15) is 0 Å². The molecule has 0 aromatic carbocycles. The van der Waals surface area contributed by atoms with E-state index in [1.165, 1.54) is 38.5 Å². The second-order valence-corrected chi connectivity index (χ2v) is 10.5. The van der Waals surface area contributed by atoms with Crippen molar-refractivity contribution in [2.75, 3.05) is 0 Å². The molecule has 1 aromatic rings. The molecule has 0 aliphatic heterocycles. The summed E-state index contributed by atoms with van der Waals surface area (Å²) in [4.78, 5) is 1.68. The number of halogens is 1. The van der Waals surface area contributed by atoms with Crippen LogP contribution in [0.4, 0.5) is 0 Å². The van der Waals surface area contributed by atoms with Gasteiger partial charge in [0.05, 0.1) is 0 Å². The van der Waals surface area contributed by atoms with Crippen LogP contribution in [-0.2, 0) is 6.54 Å². The minimum atomic E-state index is 0. The first kappa shape index (κ1) is 17.4. The number of hydrogen-bond donors (Lipinski definition) is 1. The van der Waals surface area contributed by atoms with Gasteiger partial charge in [-0.3, -0.25) is 0 Å². The molecule has 0 unspecified atom stereocenters. The van der Waals surface area contributed by atoms with Crippen LogP contribution in [-0.4, -0.2) is 6.04 Å². The van der Waals surface area contributed by atoms with Gasteiger partial charge < -0.3 is 5.32 Å². The molecule has 24 heavy (non-hydrogen) atoms. The Morgan fingerprint density at radius 3 is 2.42 bits per heavy atom. The number of rotatable bonds is 5. The Morgan fingerprint density at radius 2 is 1.83 bits per heavy atom. The first-order chi connectivity index (χ1) is 11.1. The molecule has 1 aromatic heterocycles. The number of nitrogens with one attached hydrogen (secondary N) is 1. The van der Waals surface area contributed by atoms with Crippen LogP contribution in [0.3, 0.4) is 0 Å². The molecule has 2 bridgehead atoms. The highest BCUT2D eigenvalue weighted by molar-refractivity contribution is 7.10. The maximum absolute atomic E-state index is 3.99. The van der Waals surface area contributed by atoms with Crippen LogP contribution in [0.1, 0.15) is 87.1 Å². The Labute approximate surface area is 157 Å². The average Bonchev–Trinajstić information content (AvgIpc) is 3.44. The molecular formula is C21H32ClNS. The second-order valence-electron chi connectivity index (χ2n) is 9.52. The van der Waals surface area contributed by atoms with Gasteiger partial charge in [-0.15, -0.1) is 23.7 Å². The molecule has 0 spiro atoms. The highest BCUT2D eigenvalue weighted by Crippen LogP contribution is 2.61. The summed E-state index contributed by atoms with van der Waals surface area (Å²) in [6, 6.07) is 0.755. The average molecular weight is 366 g/mol. The molecule has 1 N–H and O–H groups in total. The van der Waals surface area contributed by atoms with Crippen molar-refractivity contribution in [3.05, 3.63) is 21.4 Å². The predicted octanol–water partition coefficient (Wildman–Crippen LogP) is 6.09. The smallest absolute Gasteiger partial charge is 0.0305 e. The number of fused-ring (bicyclic) bond motifs is 2. The minimum Gasteiger partial charge on any atom is -0.309 e. The van der Waals surface area contributed by atoms with Crippen molar-refractivity contribution in [2.24, 2.45) is 23.2 Å². The van der Waals surface area contributed by atoms with Crippen molar-refractivity contribution < 1.29 is 0 Å². The lowest BCUT2D eigenvalue weighted by Gasteiger charge is -2.62. The van der Waals surface area contributed by atoms with E-state index in [-0.39, 0.29) is 12.4 Å². The van der Waals surface area contributed by atoms with Crippen molar-refractivity contribution in [1.82, 2.24) is 5.32 Å². The van der Waals surface area contributed by atoms with E-state index < -0.39 is 0 Å². The topological polar surface area (TPSA) is 12.0 Å².